The molecule has 0 radical (unpaired) electrons. The average molecular weight is 408 g/mol. The molecule has 3 rings (SSSR count). The largest absolute Gasteiger partial charge is 0.497 e. The Morgan fingerprint density at radius 1 is 1.00 bits per heavy atom. The van der Waals surface area contributed by atoms with Crippen LogP contribution in [0.2, 0.25) is 0 Å². The summed E-state index contributed by atoms with van der Waals surface area (Å²) in [5.41, 5.74) is 1.74. The molecule has 3 aromatic rings. The molecule has 0 aliphatic carbocycles. The summed E-state index contributed by atoms with van der Waals surface area (Å²) >= 11 is 0. The molecule has 2 aromatic carbocycles. The van der Waals surface area contributed by atoms with Crippen LogP contribution in [-0.4, -0.2) is 32.1 Å². The van der Waals surface area contributed by atoms with Crippen LogP contribution in [0.3, 0.4) is 0 Å². The first-order valence-electron chi connectivity index (χ1n) is 9.61. The van der Waals surface area contributed by atoms with Crippen LogP contribution in [0, 0.1) is 0 Å². The highest BCUT2D eigenvalue weighted by molar-refractivity contribution is 6.02. The Kier molecular flexibility index (Phi) is 7.49. The van der Waals surface area contributed by atoms with E-state index >= 15 is 0 Å². The maximum absolute atomic E-state index is 12.0. The van der Waals surface area contributed by atoms with E-state index < -0.39 is 0 Å². The Balaban J connectivity index is 1.37. The van der Waals surface area contributed by atoms with E-state index in [1.54, 1.807) is 43.5 Å². The van der Waals surface area contributed by atoms with Crippen LogP contribution in [0.1, 0.15) is 22.5 Å². The van der Waals surface area contributed by atoms with E-state index in [0.29, 0.717) is 18.0 Å². The minimum Gasteiger partial charge on any atom is -0.497 e. The number of aryl methyl sites for hydroxylation is 1. The molecule has 7 heteroatoms. The molecule has 0 aliphatic rings. The van der Waals surface area contributed by atoms with Crippen LogP contribution >= 0.6 is 0 Å². The maximum atomic E-state index is 12.0. The molecule has 0 unspecified atom stereocenters. The van der Waals surface area contributed by atoms with Gasteiger partial charge in [-0.25, -0.2) is 0 Å². The highest BCUT2D eigenvalue weighted by Crippen LogP contribution is 2.18. The van der Waals surface area contributed by atoms with Crippen LogP contribution < -0.4 is 20.1 Å². The third-order valence-electron chi connectivity index (χ3n) is 4.33. The summed E-state index contributed by atoms with van der Waals surface area (Å²) in [4.78, 5) is 24.0. The molecule has 2 N–H and O–H groups in total. The van der Waals surface area contributed by atoms with Crippen LogP contribution in [0.25, 0.3) is 0 Å². The molecular formula is C23H24N2O5. The zero-order chi connectivity index (χ0) is 21.2. The molecule has 0 saturated heterocycles. The monoisotopic (exact) mass is 408 g/mol. The highest BCUT2D eigenvalue weighted by Gasteiger charge is 2.09. The number of nitrogens with one attached hydrogen (secondary N) is 2. The van der Waals surface area contributed by atoms with Crippen molar-refractivity contribution < 1.29 is 23.5 Å². The first kappa shape index (κ1) is 21.0. The molecule has 7 nitrogen and oxygen atoms in total. The summed E-state index contributed by atoms with van der Waals surface area (Å²) in [6.07, 6.45) is 3.12. The van der Waals surface area contributed by atoms with Gasteiger partial charge in [0.05, 0.1) is 13.4 Å². The average Bonchev–Trinajstić information content (AvgIpc) is 3.31. The standard InChI is InChI=1S/C23H24N2O5/c1-28-19-11-9-17(10-12-19)5-3-13-24-22(26)16-30-20-7-2-6-18(15-20)25-23(27)21-8-4-14-29-21/h2,4,6-12,14-15H,3,5,13,16H2,1H3,(H,24,26)(H,25,27). The maximum Gasteiger partial charge on any atom is 0.291 e. The lowest BCUT2D eigenvalue weighted by molar-refractivity contribution is -0.123. The van der Waals surface area contributed by atoms with Gasteiger partial charge >= 0.3 is 0 Å². The number of hydrogen-bond donors (Lipinski definition) is 2. The van der Waals surface area contributed by atoms with Crippen molar-refractivity contribution in [2.75, 3.05) is 25.6 Å². The van der Waals surface area contributed by atoms with Gasteiger partial charge in [-0.1, -0.05) is 18.2 Å². The van der Waals surface area contributed by atoms with E-state index in [0.717, 1.165) is 18.6 Å². The SMILES string of the molecule is COc1ccc(CCCNC(=O)COc2cccc(NC(=O)c3ccco3)c2)cc1. The fraction of sp³-hybridized carbons (Fsp3) is 0.217. The van der Waals surface area contributed by atoms with Gasteiger partial charge in [-0.3, -0.25) is 9.59 Å². The number of furan rings is 1. The highest BCUT2D eigenvalue weighted by atomic mass is 16.5. The molecule has 0 aliphatic heterocycles. The van der Waals surface area contributed by atoms with Gasteiger partial charge in [0.2, 0.25) is 0 Å². The van der Waals surface area contributed by atoms with E-state index in [1.807, 2.05) is 24.3 Å². The quantitative estimate of drug-likeness (QED) is 0.500. The van der Waals surface area contributed by atoms with Crippen molar-refractivity contribution in [3.63, 3.8) is 0 Å². The second kappa shape index (κ2) is 10.7. The summed E-state index contributed by atoms with van der Waals surface area (Å²) in [6, 6.07) is 17.9. The van der Waals surface area contributed by atoms with E-state index in [4.69, 9.17) is 13.9 Å². The minimum absolute atomic E-state index is 0.0991. The lowest BCUT2D eigenvalue weighted by Crippen LogP contribution is -2.29. The number of carbonyl (C=O) groups excluding carboxylic acids is 2. The summed E-state index contributed by atoms with van der Waals surface area (Å²) in [7, 11) is 1.64. The normalized spacial score (nSPS) is 10.3. The van der Waals surface area contributed by atoms with Gasteiger partial charge in [0.15, 0.2) is 12.4 Å². The molecule has 0 bridgehead atoms. The van der Waals surface area contributed by atoms with E-state index in [-0.39, 0.29) is 24.2 Å². The van der Waals surface area contributed by atoms with Crippen molar-refractivity contribution in [1.29, 1.82) is 0 Å². The lowest BCUT2D eigenvalue weighted by atomic mass is 10.1. The van der Waals surface area contributed by atoms with Crippen molar-refractivity contribution in [3.8, 4) is 11.5 Å². The molecule has 0 spiro atoms. The number of methoxy groups -OCH3 is 1. The summed E-state index contributed by atoms with van der Waals surface area (Å²) in [6.45, 7) is 0.464. The Morgan fingerprint density at radius 3 is 2.57 bits per heavy atom. The fourth-order valence-electron chi connectivity index (χ4n) is 2.78. The Bertz CT molecular complexity index is 952. The van der Waals surface area contributed by atoms with Crippen LogP contribution in [0.5, 0.6) is 11.5 Å². The third kappa shape index (κ3) is 6.41. The van der Waals surface area contributed by atoms with Crippen molar-refractivity contribution >= 4 is 17.5 Å². The van der Waals surface area contributed by atoms with Gasteiger partial charge in [0.25, 0.3) is 11.8 Å². The molecule has 1 heterocycles. The first-order valence-corrected chi connectivity index (χ1v) is 9.61. The van der Waals surface area contributed by atoms with Gasteiger partial charge in [-0.15, -0.1) is 0 Å². The lowest BCUT2D eigenvalue weighted by Gasteiger charge is -2.09. The van der Waals surface area contributed by atoms with Crippen molar-refractivity contribution in [1.82, 2.24) is 5.32 Å². The predicted molar refractivity (Wildman–Crippen MR) is 113 cm³/mol. The number of anilines is 1. The zero-order valence-electron chi connectivity index (χ0n) is 16.7. The minimum atomic E-state index is -0.355. The van der Waals surface area contributed by atoms with E-state index in [1.165, 1.54) is 11.8 Å². The number of amides is 2. The molecule has 0 saturated carbocycles. The van der Waals surface area contributed by atoms with Crippen molar-refractivity contribution in [3.05, 3.63) is 78.3 Å². The predicted octanol–water partition coefficient (Wildman–Crippen LogP) is 3.67. The van der Waals surface area contributed by atoms with Gasteiger partial charge in [0, 0.05) is 18.3 Å². The van der Waals surface area contributed by atoms with Crippen LogP contribution in [0.4, 0.5) is 5.69 Å². The van der Waals surface area contributed by atoms with Gasteiger partial charge in [0.1, 0.15) is 11.5 Å². The number of ether oxygens (including phenoxy) is 2. The Morgan fingerprint density at radius 2 is 1.83 bits per heavy atom. The third-order valence-corrected chi connectivity index (χ3v) is 4.33. The van der Waals surface area contributed by atoms with Gasteiger partial charge in [-0.2, -0.15) is 0 Å². The first-order chi connectivity index (χ1) is 14.6. The molecule has 0 atom stereocenters. The van der Waals surface area contributed by atoms with Gasteiger partial charge < -0.3 is 24.5 Å². The molecule has 156 valence electrons. The van der Waals surface area contributed by atoms with Crippen molar-refractivity contribution in [2.45, 2.75) is 12.8 Å². The fourth-order valence-corrected chi connectivity index (χ4v) is 2.78. The van der Waals surface area contributed by atoms with E-state index in [2.05, 4.69) is 10.6 Å². The number of rotatable bonds is 10. The summed E-state index contributed by atoms with van der Waals surface area (Å²) in [5.74, 6) is 0.978. The molecule has 1 aromatic heterocycles. The molecule has 30 heavy (non-hydrogen) atoms. The van der Waals surface area contributed by atoms with Crippen LogP contribution in [-0.2, 0) is 11.2 Å². The summed E-state index contributed by atoms with van der Waals surface area (Å²) in [5, 5.41) is 5.56. The molecular weight excluding hydrogens is 384 g/mol. The zero-order valence-corrected chi connectivity index (χ0v) is 16.7. The molecule has 0 fully saturated rings. The number of carbonyl (C=O) groups is 2. The van der Waals surface area contributed by atoms with E-state index in [9.17, 15) is 9.59 Å². The number of benzene rings is 2. The second-order valence-electron chi connectivity index (χ2n) is 6.55. The Hall–Kier alpha value is -3.74. The van der Waals surface area contributed by atoms with Gasteiger partial charge in [-0.05, 0) is 54.8 Å². The topological polar surface area (TPSA) is 89.8 Å². The Labute approximate surface area is 175 Å². The van der Waals surface area contributed by atoms with Crippen LogP contribution in [0.15, 0.2) is 71.3 Å². The number of hydrogen-bond acceptors (Lipinski definition) is 5. The summed E-state index contributed by atoms with van der Waals surface area (Å²) < 4.78 is 15.7. The second-order valence-corrected chi connectivity index (χ2v) is 6.55. The smallest absolute Gasteiger partial charge is 0.291 e. The molecule has 2 amide bonds. The van der Waals surface area contributed by atoms with Crippen molar-refractivity contribution in [2.24, 2.45) is 0 Å².